The lowest BCUT2D eigenvalue weighted by molar-refractivity contribution is 0.507. The fourth-order valence-corrected chi connectivity index (χ4v) is 1.92. The van der Waals surface area contributed by atoms with E-state index in [0.29, 0.717) is 13.1 Å². The maximum absolute atomic E-state index is 5.33. The second kappa shape index (κ2) is 10.9. The molecule has 0 atom stereocenters. The van der Waals surface area contributed by atoms with Gasteiger partial charge >= 0.3 is 0 Å². The van der Waals surface area contributed by atoms with Crippen molar-refractivity contribution in [2.45, 2.75) is 19.9 Å². The minimum Gasteiger partial charge on any atom is -0.469 e. The predicted octanol–water partition coefficient (Wildman–Crippen LogP) is 3.75. The third-order valence-corrected chi connectivity index (χ3v) is 3.06. The maximum atomic E-state index is 5.33. The number of benzene rings is 1. The Morgan fingerprint density at radius 3 is 2.57 bits per heavy atom. The number of aliphatic imine (C=N–C) groups is 1. The van der Waals surface area contributed by atoms with E-state index in [1.807, 2.05) is 37.3 Å². The van der Waals surface area contributed by atoms with Crippen LogP contribution in [0.2, 0.25) is 0 Å². The molecular weight excluding hydrogens is 401 g/mol. The van der Waals surface area contributed by atoms with E-state index in [1.165, 1.54) is 5.56 Å². The fraction of sp³-hybridized carbons (Fsp3) is 0.278. The number of guanidine groups is 1. The SMILES string of the molecule is C=C(C)CNC(=NCc1ccccc1)NCCc1ccco1.I. The number of rotatable bonds is 7. The Kier molecular flexibility index (Phi) is 9.12. The molecule has 1 heterocycles. The van der Waals surface area contributed by atoms with E-state index in [1.54, 1.807) is 6.26 Å². The van der Waals surface area contributed by atoms with Crippen LogP contribution in [0.3, 0.4) is 0 Å². The molecular formula is C18H24IN3O. The van der Waals surface area contributed by atoms with Gasteiger partial charge in [-0.25, -0.2) is 4.99 Å². The van der Waals surface area contributed by atoms with Gasteiger partial charge in [-0.2, -0.15) is 0 Å². The van der Waals surface area contributed by atoms with E-state index in [2.05, 4.69) is 34.3 Å². The highest BCUT2D eigenvalue weighted by Gasteiger charge is 2.00. The zero-order valence-electron chi connectivity index (χ0n) is 13.4. The molecule has 0 aliphatic heterocycles. The van der Waals surface area contributed by atoms with Crippen LogP contribution in [0.15, 0.2) is 70.3 Å². The summed E-state index contributed by atoms with van der Waals surface area (Å²) in [5.74, 6) is 1.76. The van der Waals surface area contributed by atoms with Gasteiger partial charge in [0, 0.05) is 19.5 Å². The van der Waals surface area contributed by atoms with Crippen LogP contribution < -0.4 is 10.6 Å². The summed E-state index contributed by atoms with van der Waals surface area (Å²) >= 11 is 0. The summed E-state index contributed by atoms with van der Waals surface area (Å²) in [4.78, 5) is 4.61. The number of hydrogen-bond donors (Lipinski definition) is 2. The minimum atomic E-state index is 0. The third kappa shape index (κ3) is 7.88. The smallest absolute Gasteiger partial charge is 0.191 e. The second-order valence-corrected chi connectivity index (χ2v) is 5.22. The Balaban J connectivity index is 0.00000264. The molecule has 0 aliphatic rings. The zero-order valence-corrected chi connectivity index (χ0v) is 15.7. The maximum Gasteiger partial charge on any atom is 0.191 e. The van der Waals surface area contributed by atoms with Crippen LogP contribution in [-0.4, -0.2) is 19.0 Å². The molecule has 124 valence electrons. The number of nitrogens with zero attached hydrogens (tertiary/aromatic N) is 1. The van der Waals surface area contributed by atoms with Crippen molar-refractivity contribution in [3.63, 3.8) is 0 Å². The van der Waals surface area contributed by atoms with Crippen molar-refractivity contribution in [1.29, 1.82) is 0 Å². The van der Waals surface area contributed by atoms with Crippen molar-refractivity contribution in [3.8, 4) is 0 Å². The summed E-state index contributed by atoms with van der Waals surface area (Å²) in [5.41, 5.74) is 2.25. The Morgan fingerprint density at radius 2 is 1.91 bits per heavy atom. The molecule has 2 N–H and O–H groups in total. The largest absolute Gasteiger partial charge is 0.469 e. The molecule has 0 bridgehead atoms. The summed E-state index contributed by atoms with van der Waals surface area (Å²) in [5, 5.41) is 6.60. The molecule has 0 amide bonds. The third-order valence-electron chi connectivity index (χ3n) is 3.06. The Labute approximate surface area is 155 Å². The van der Waals surface area contributed by atoms with Crippen molar-refractivity contribution in [2.75, 3.05) is 13.1 Å². The van der Waals surface area contributed by atoms with Gasteiger partial charge in [0.25, 0.3) is 0 Å². The highest BCUT2D eigenvalue weighted by atomic mass is 127. The first-order valence-electron chi connectivity index (χ1n) is 7.47. The van der Waals surface area contributed by atoms with Crippen molar-refractivity contribution in [1.82, 2.24) is 10.6 Å². The van der Waals surface area contributed by atoms with Crippen LogP contribution in [0.1, 0.15) is 18.2 Å². The molecule has 1 aromatic carbocycles. The Bertz CT molecular complexity index is 594. The van der Waals surface area contributed by atoms with Gasteiger partial charge in [-0.15, -0.1) is 24.0 Å². The van der Waals surface area contributed by atoms with Gasteiger partial charge in [0.1, 0.15) is 5.76 Å². The molecule has 2 aromatic rings. The molecule has 1 aromatic heterocycles. The lowest BCUT2D eigenvalue weighted by atomic mass is 10.2. The molecule has 0 unspecified atom stereocenters. The number of furan rings is 1. The minimum absolute atomic E-state index is 0. The Morgan fingerprint density at radius 1 is 1.13 bits per heavy atom. The van der Waals surface area contributed by atoms with E-state index < -0.39 is 0 Å². The molecule has 4 nitrogen and oxygen atoms in total. The molecule has 0 saturated carbocycles. The first-order chi connectivity index (χ1) is 10.7. The lowest BCUT2D eigenvalue weighted by Gasteiger charge is -2.12. The van der Waals surface area contributed by atoms with Gasteiger partial charge in [0.05, 0.1) is 12.8 Å². The fourth-order valence-electron chi connectivity index (χ4n) is 1.92. The van der Waals surface area contributed by atoms with E-state index in [0.717, 1.165) is 30.3 Å². The number of hydrogen-bond acceptors (Lipinski definition) is 2. The first kappa shape index (κ1) is 19.3. The summed E-state index contributed by atoms with van der Waals surface area (Å²) < 4.78 is 5.33. The molecule has 5 heteroatoms. The average molecular weight is 425 g/mol. The molecule has 0 saturated heterocycles. The van der Waals surface area contributed by atoms with Crippen LogP contribution in [0, 0.1) is 0 Å². The van der Waals surface area contributed by atoms with Crippen LogP contribution in [0.25, 0.3) is 0 Å². The number of nitrogens with one attached hydrogen (secondary N) is 2. The predicted molar refractivity (Wildman–Crippen MR) is 106 cm³/mol. The monoisotopic (exact) mass is 425 g/mol. The summed E-state index contributed by atoms with van der Waals surface area (Å²) in [6.45, 7) is 8.02. The normalized spacial score (nSPS) is 10.7. The van der Waals surface area contributed by atoms with Crippen molar-refractivity contribution < 1.29 is 4.42 Å². The van der Waals surface area contributed by atoms with Crippen molar-refractivity contribution >= 4 is 29.9 Å². The van der Waals surface area contributed by atoms with E-state index in [4.69, 9.17) is 4.42 Å². The van der Waals surface area contributed by atoms with Gasteiger partial charge in [-0.1, -0.05) is 42.5 Å². The second-order valence-electron chi connectivity index (χ2n) is 5.22. The van der Waals surface area contributed by atoms with Crippen LogP contribution in [0.5, 0.6) is 0 Å². The quantitative estimate of drug-likeness (QED) is 0.308. The summed E-state index contributed by atoms with van der Waals surface area (Å²) in [6, 6.07) is 14.1. The average Bonchev–Trinajstić information content (AvgIpc) is 3.03. The topological polar surface area (TPSA) is 49.6 Å². The summed E-state index contributed by atoms with van der Waals surface area (Å²) in [6.07, 6.45) is 2.52. The van der Waals surface area contributed by atoms with E-state index >= 15 is 0 Å². The van der Waals surface area contributed by atoms with Gasteiger partial charge < -0.3 is 15.1 Å². The van der Waals surface area contributed by atoms with Crippen molar-refractivity contribution in [2.24, 2.45) is 4.99 Å². The molecule has 0 radical (unpaired) electrons. The lowest BCUT2D eigenvalue weighted by Crippen LogP contribution is -2.39. The van der Waals surface area contributed by atoms with Crippen LogP contribution in [-0.2, 0) is 13.0 Å². The van der Waals surface area contributed by atoms with Gasteiger partial charge in [0.15, 0.2) is 5.96 Å². The number of halogens is 1. The van der Waals surface area contributed by atoms with Gasteiger partial charge in [-0.3, -0.25) is 0 Å². The molecule has 0 aliphatic carbocycles. The van der Waals surface area contributed by atoms with Crippen molar-refractivity contribution in [3.05, 3.63) is 72.2 Å². The standard InChI is InChI=1S/C18H23N3O.HI/c1-15(2)13-20-18(19-11-10-17-9-6-12-22-17)21-14-16-7-4-3-5-8-16;/h3-9,12H,1,10-11,13-14H2,2H3,(H2,19,20,21);1H. The van der Waals surface area contributed by atoms with Crippen LogP contribution >= 0.6 is 24.0 Å². The van der Waals surface area contributed by atoms with E-state index in [9.17, 15) is 0 Å². The molecule has 0 spiro atoms. The van der Waals surface area contributed by atoms with Gasteiger partial charge in [0.2, 0.25) is 0 Å². The Hall–Kier alpha value is -1.76. The molecule has 0 fully saturated rings. The highest BCUT2D eigenvalue weighted by Crippen LogP contribution is 2.01. The van der Waals surface area contributed by atoms with E-state index in [-0.39, 0.29) is 24.0 Å². The first-order valence-corrected chi connectivity index (χ1v) is 7.47. The molecule has 23 heavy (non-hydrogen) atoms. The zero-order chi connectivity index (χ0) is 15.6. The molecule has 2 rings (SSSR count). The highest BCUT2D eigenvalue weighted by molar-refractivity contribution is 14.0. The summed E-state index contributed by atoms with van der Waals surface area (Å²) in [7, 11) is 0. The van der Waals surface area contributed by atoms with Crippen LogP contribution in [0.4, 0.5) is 0 Å². The van der Waals surface area contributed by atoms with Gasteiger partial charge in [-0.05, 0) is 24.6 Å².